The lowest BCUT2D eigenvalue weighted by Crippen LogP contribution is -2.57. The Bertz CT molecular complexity index is 847. The maximum atomic E-state index is 13.1. The summed E-state index contributed by atoms with van der Waals surface area (Å²) in [5.41, 5.74) is 3.43. The number of methoxy groups -OCH3 is 1. The van der Waals surface area contributed by atoms with Crippen LogP contribution in [0.5, 0.6) is 5.75 Å². The normalized spacial score (nSPS) is 17.4. The first-order chi connectivity index (χ1) is 12.4. The lowest BCUT2D eigenvalue weighted by Gasteiger charge is -2.40. The summed E-state index contributed by atoms with van der Waals surface area (Å²) in [5.74, 6) is 0.287. The third kappa shape index (κ3) is 3.29. The monoisotopic (exact) mass is 352 g/mol. The number of hydrogen-bond acceptors (Lipinski definition) is 3. The molecule has 1 aliphatic rings. The van der Waals surface area contributed by atoms with Crippen molar-refractivity contribution >= 4 is 17.5 Å². The Balaban J connectivity index is 1.86. The smallest absolute Gasteiger partial charge is 0.258 e. The molecule has 1 saturated heterocycles. The minimum Gasteiger partial charge on any atom is -0.496 e. The molecule has 5 nitrogen and oxygen atoms in total. The van der Waals surface area contributed by atoms with Crippen molar-refractivity contribution in [2.24, 2.45) is 0 Å². The van der Waals surface area contributed by atoms with Gasteiger partial charge in [0.2, 0.25) is 5.91 Å². The average molecular weight is 352 g/mol. The lowest BCUT2D eigenvalue weighted by atomic mass is 10.1. The van der Waals surface area contributed by atoms with Gasteiger partial charge in [0.15, 0.2) is 0 Å². The third-order valence-electron chi connectivity index (χ3n) is 4.84. The molecule has 0 unspecified atom stereocenters. The standard InChI is InChI=1S/C21H24N2O3/c1-14-9-10-19(26-4)17(11-14)21(25)22-13-20(24)23(12-16(22)3)18-8-6-5-7-15(18)2/h5-11,16H,12-13H2,1-4H3/t16-/m1/s1. The molecule has 1 aliphatic heterocycles. The highest BCUT2D eigenvalue weighted by Gasteiger charge is 2.35. The van der Waals surface area contributed by atoms with Gasteiger partial charge in [0.1, 0.15) is 12.3 Å². The summed E-state index contributed by atoms with van der Waals surface area (Å²) < 4.78 is 5.34. The van der Waals surface area contributed by atoms with E-state index in [0.29, 0.717) is 17.9 Å². The second kappa shape index (κ2) is 7.20. The van der Waals surface area contributed by atoms with Crippen LogP contribution in [-0.4, -0.2) is 43.0 Å². The summed E-state index contributed by atoms with van der Waals surface area (Å²) >= 11 is 0. The topological polar surface area (TPSA) is 49.9 Å². The Labute approximate surface area is 154 Å². The summed E-state index contributed by atoms with van der Waals surface area (Å²) in [6.45, 7) is 6.43. The molecule has 0 aromatic heterocycles. The van der Waals surface area contributed by atoms with Crippen molar-refractivity contribution < 1.29 is 14.3 Å². The number of carbonyl (C=O) groups excluding carboxylic acids is 2. The van der Waals surface area contributed by atoms with Crippen molar-refractivity contribution in [3.63, 3.8) is 0 Å². The van der Waals surface area contributed by atoms with Crippen molar-refractivity contribution in [2.75, 3.05) is 25.1 Å². The van der Waals surface area contributed by atoms with Crippen LogP contribution in [0.25, 0.3) is 0 Å². The third-order valence-corrected chi connectivity index (χ3v) is 4.84. The highest BCUT2D eigenvalue weighted by molar-refractivity contribution is 6.03. The maximum Gasteiger partial charge on any atom is 0.258 e. The highest BCUT2D eigenvalue weighted by atomic mass is 16.5. The van der Waals surface area contributed by atoms with Gasteiger partial charge in [-0.1, -0.05) is 29.8 Å². The summed E-state index contributed by atoms with van der Waals surface area (Å²) in [6, 6.07) is 13.2. The van der Waals surface area contributed by atoms with Gasteiger partial charge in [-0.3, -0.25) is 9.59 Å². The van der Waals surface area contributed by atoms with Crippen LogP contribution < -0.4 is 9.64 Å². The van der Waals surface area contributed by atoms with Gasteiger partial charge in [0.05, 0.1) is 12.7 Å². The Hall–Kier alpha value is -2.82. The van der Waals surface area contributed by atoms with E-state index in [9.17, 15) is 9.59 Å². The van der Waals surface area contributed by atoms with Crippen LogP contribution in [-0.2, 0) is 4.79 Å². The van der Waals surface area contributed by atoms with Crippen LogP contribution in [0.4, 0.5) is 5.69 Å². The molecular weight excluding hydrogens is 328 g/mol. The van der Waals surface area contributed by atoms with Crippen LogP contribution >= 0.6 is 0 Å². The van der Waals surface area contributed by atoms with E-state index in [1.165, 1.54) is 0 Å². The maximum absolute atomic E-state index is 13.1. The second-order valence-electron chi connectivity index (χ2n) is 6.78. The number of para-hydroxylation sites is 1. The van der Waals surface area contributed by atoms with Gasteiger partial charge >= 0.3 is 0 Å². The summed E-state index contributed by atoms with van der Waals surface area (Å²) in [7, 11) is 1.55. The number of ether oxygens (including phenoxy) is 1. The van der Waals surface area contributed by atoms with Crippen LogP contribution in [0.3, 0.4) is 0 Å². The Morgan fingerprint density at radius 2 is 1.88 bits per heavy atom. The molecule has 0 radical (unpaired) electrons. The molecule has 136 valence electrons. The van der Waals surface area contributed by atoms with Crippen LogP contribution in [0.15, 0.2) is 42.5 Å². The molecule has 3 rings (SSSR count). The Kier molecular flexibility index (Phi) is 4.98. The fourth-order valence-electron chi connectivity index (χ4n) is 3.37. The van der Waals surface area contributed by atoms with Gasteiger partial charge in [-0.05, 0) is 44.5 Å². The minimum atomic E-state index is -0.171. The number of piperazine rings is 1. The van der Waals surface area contributed by atoms with E-state index in [-0.39, 0.29) is 24.4 Å². The number of benzene rings is 2. The van der Waals surface area contributed by atoms with Gasteiger partial charge in [-0.25, -0.2) is 0 Å². The fraction of sp³-hybridized carbons (Fsp3) is 0.333. The van der Waals surface area contributed by atoms with E-state index in [0.717, 1.165) is 16.8 Å². The highest BCUT2D eigenvalue weighted by Crippen LogP contribution is 2.27. The van der Waals surface area contributed by atoms with Gasteiger partial charge in [0.25, 0.3) is 5.91 Å². The van der Waals surface area contributed by atoms with Crippen LogP contribution in [0, 0.1) is 13.8 Å². The van der Waals surface area contributed by atoms with Crippen molar-refractivity contribution in [2.45, 2.75) is 26.8 Å². The zero-order valence-corrected chi connectivity index (χ0v) is 15.7. The van der Waals surface area contributed by atoms with E-state index in [1.807, 2.05) is 57.2 Å². The molecule has 5 heteroatoms. The first kappa shape index (κ1) is 18.0. The molecule has 0 N–H and O–H groups in total. The van der Waals surface area contributed by atoms with Crippen molar-refractivity contribution in [3.8, 4) is 5.75 Å². The molecule has 0 aliphatic carbocycles. The summed E-state index contributed by atoms with van der Waals surface area (Å²) in [5, 5.41) is 0. The van der Waals surface area contributed by atoms with Crippen LogP contribution in [0.2, 0.25) is 0 Å². The van der Waals surface area contributed by atoms with Gasteiger partial charge in [0, 0.05) is 18.3 Å². The van der Waals surface area contributed by atoms with Crippen molar-refractivity contribution in [3.05, 3.63) is 59.2 Å². The molecular formula is C21H24N2O3. The lowest BCUT2D eigenvalue weighted by molar-refractivity contribution is -0.121. The Morgan fingerprint density at radius 1 is 1.15 bits per heavy atom. The molecule has 1 atom stereocenters. The molecule has 0 bridgehead atoms. The first-order valence-corrected chi connectivity index (χ1v) is 8.74. The molecule has 26 heavy (non-hydrogen) atoms. The van der Waals surface area contributed by atoms with Gasteiger partial charge in [-0.15, -0.1) is 0 Å². The quantitative estimate of drug-likeness (QED) is 0.852. The van der Waals surface area contributed by atoms with E-state index in [4.69, 9.17) is 4.74 Å². The molecule has 0 saturated carbocycles. The molecule has 2 amide bonds. The van der Waals surface area contributed by atoms with Crippen LogP contribution in [0.1, 0.15) is 28.4 Å². The number of carbonyl (C=O) groups is 2. The zero-order valence-electron chi connectivity index (χ0n) is 15.7. The number of rotatable bonds is 3. The predicted octanol–water partition coefficient (Wildman–Crippen LogP) is 3.19. The minimum absolute atomic E-state index is 0.0609. The summed E-state index contributed by atoms with van der Waals surface area (Å²) in [6.07, 6.45) is 0. The first-order valence-electron chi connectivity index (χ1n) is 8.74. The Morgan fingerprint density at radius 3 is 2.58 bits per heavy atom. The van der Waals surface area contributed by atoms with Gasteiger partial charge < -0.3 is 14.5 Å². The molecule has 1 heterocycles. The van der Waals surface area contributed by atoms with Crippen molar-refractivity contribution in [1.29, 1.82) is 0 Å². The van der Waals surface area contributed by atoms with E-state index < -0.39 is 0 Å². The number of nitrogens with zero attached hydrogens (tertiary/aromatic N) is 2. The second-order valence-corrected chi connectivity index (χ2v) is 6.78. The SMILES string of the molecule is COc1ccc(C)cc1C(=O)N1CC(=O)N(c2ccccc2C)C[C@H]1C. The molecule has 0 spiro atoms. The number of anilines is 1. The van der Waals surface area contributed by atoms with E-state index >= 15 is 0 Å². The molecule has 2 aromatic carbocycles. The largest absolute Gasteiger partial charge is 0.496 e. The predicted molar refractivity (Wildman–Crippen MR) is 102 cm³/mol. The number of hydrogen-bond donors (Lipinski definition) is 0. The van der Waals surface area contributed by atoms with E-state index in [2.05, 4.69) is 0 Å². The fourth-order valence-corrected chi connectivity index (χ4v) is 3.37. The number of amides is 2. The summed E-state index contributed by atoms with van der Waals surface area (Å²) in [4.78, 5) is 29.2. The average Bonchev–Trinajstić information content (AvgIpc) is 2.63. The molecule has 1 fully saturated rings. The van der Waals surface area contributed by atoms with Gasteiger partial charge in [-0.2, -0.15) is 0 Å². The zero-order chi connectivity index (χ0) is 18.8. The van der Waals surface area contributed by atoms with Crippen molar-refractivity contribution in [1.82, 2.24) is 4.90 Å². The number of aryl methyl sites for hydroxylation is 2. The van der Waals surface area contributed by atoms with E-state index in [1.54, 1.807) is 23.0 Å². The molecule has 2 aromatic rings.